The lowest BCUT2D eigenvalue weighted by Crippen LogP contribution is -2.58. The van der Waals surface area contributed by atoms with Crippen molar-refractivity contribution in [2.24, 2.45) is 4.99 Å². The molecule has 0 radical (unpaired) electrons. The molecule has 2 unspecified atom stereocenters. The van der Waals surface area contributed by atoms with Crippen molar-refractivity contribution in [1.82, 2.24) is 0 Å². The maximum atomic E-state index is 12.1. The van der Waals surface area contributed by atoms with Gasteiger partial charge in [0.25, 0.3) is 0 Å². The molecule has 7 heteroatoms. The van der Waals surface area contributed by atoms with E-state index in [9.17, 15) is 19.8 Å². The number of carbonyl (C=O) groups is 2. The smallest absolute Gasteiger partial charge is 0.346 e. The summed E-state index contributed by atoms with van der Waals surface area (Å²) >= 11 is 0. The Labute approximate surface area is 131 Å². The highest BCUT2D eigenvalue weighted by Gasteiger charge is 2.66. The van der Waals surface area contributed by atoms with Gasteiger partial charge >= 0.3 is 11.9 Å². The first-order valence-electron chi connectivity index (χ1n) is 6.95. The normalized spacial score (nSPS) is 29.9. The first-order chi connectivity index (χ1) is 10.8. The number of hydrogen-bond acceptors (Lipinski definition) is 5. The summed E-state index contributed by atoms with van der Waals surface area (Å²) in [4.78, 5) is 28.1. The van der Waals surface area contributed by atoms with Gasteiger partial charge in [-0.05, 0) is 19.4 Å². The number of aliphatic imine (C=N–C) groups is 1. The molecule has 2 heterocycles. The average Bonchev–Trinajstić information content (AvgIpc) is 2.83. The Morgan fingerprint density at radius 3 is 2.39 bits per heavy atom. The van der Waals surface area contributed by atoms with Crippen LogP contribution in [0, 0.1) is 0 Å². The fraction of sp³-hybridized carbons (Fsp3) is 0.312. The van der Waals surface area contributed by atoms with Gasteiger partial charge in [-0.2, -0.15) is 0 Å². The van der Waals surface area contributed by atoms with Crippen molar-refractivity contribution >= 4 is 23.2 Å². The number of rotatable bonds is 3. The van der Waals surface area contributed by atoms with Gasteiger partial charge in [0.05, 0.1) is 11.3 Å². The maximum absolute atomic E-state index is 12.1. The summed E-state index contributed by atoms with van der Waals surface area (Å²) < 4.78 is 10.9. The molecule has 0 amide bonds. The fourth-order valence-electron chi connectivity index (χ4n) is 3.20. The van der Waals surface area contributed by atoms with Crippen LogP contribution in [0.1, 0.15) is 19.4 Å². The third-order valence-corrected chi connectivity index (χ3v) is 4.19. The Morgan fingerprint density at radius 1 is 1.17 bits per heavy atom. The van der Waals surface area contributed by atoms with Gasteiger partial charge in [-0.25, -0.2) is 9.59 Å². The lowest BCUT2D eigenvalue weighted by Gasteiger charge is -2.40. The molecule has 1 aromatic carbocycles. The van der Waals surface area contributed by atoms with E-state index in [-0.39, 0.29) is 23.7 Å². The maximum Gasteiger partial charge on any atom is 0.346 e. The van der Waals surface area contributed by atoms with Crippen LogP contribution in [-0.2, 0) is 19.1 Å². The Bertz CT molecular complexity index is 753. The van der Waals surface area contributed by atoms with Gasteiger partial charge in [0.2, 0.25) is 11.3 Å². The summed E-state index contributed by atoms with van der Waals surface area (Å²) in [6, 6.07) is 8.44. The zero-order valence-corrected chi connectivity index (χ0v) is 12.6. The van der Waals surface area contributed by atoms with Crippen LogP contribution in [-0.4, -0.2) is 46.0 Å². The number of hydrogen-bond donors (Lipinski definition) is 2. The van der Waals surface area contributed by atoms with Gasteiger partial charge in [-0.15, -0.1) is 0 Å². The molecular formula is C16H15NO6. The van der Waals surface area contributed by atoms with Crippen molar-refractivity contribution in [1.29, 1.82) is 0 Å². The van der Waals surface area contributed by atoms with Crippen LogP contribution < -0.4 is 0 Å². The zero-order chi connectivity index (χ0) is 16.8. The second kappa shape index (κ2) is 5.00. The highest BCUT2D eigenvalue weighted by molar-refractivity contribution is 6.27. The number of benzene rings is 1. The molecule has 0 aromatic heterocycles. The molecule has 1 fully saturated rings. The van der Waals surface area contributed by atoms with E-state index >= 15 is 0 Å². The molecule has 7 nitrogen and oxygen atoms in total. The molecule has 0 aliphatic carbocycles. The fourth-order valence-corrected chi connectivity index (χ4v) is 3.20. The summed E-state index contributed by atoms with van der Waals surface area (Å²) in [6.07, 6.45) is 0. The Kier molecular flexibility index (Phi) is 3.35. The number of fused-ring (bicyclic) bond motifs is 1. The van der Waals surface area contributed by atoms with Gasteiger partial charge in [0, 0.05) is 5.57 Å². The van der Waals surface area contributed by atoms with Crippen molar-refractivity contribution in [3.8, 4) is 0 Å². The number of carboxylic acid groups (broad SMARTS) is 2. The standard InChI is InChI=1S/C16H15NO6/c1-9-11(13(18)19)12(10-6-4-3-5-7-10)16(14(20)21)15(2,17-9)22-8-23-16/h3-7H,8H2,1-2H3,(H,18,19)(H,20,21). The molecular weight excluding hydrogens is 302 g/mol. The zero-order valence-electron chi connectivity index (χ0n) is 12.6. The third-order valence-electron chi connectivity index (χ3n) is 4.19. The minimum atomic E-state index is -2.01. The number of dihydropyridines is 1. The van der Waals surface area contributed by atoms with E-state index in [1.54, 1.807) is 30.3 Å². The van der Waals surface area contributed by atoms with Gasteiger partial charge in [0.15, 0.2) is 6.79 Å². The molecule has 2 aliphatic rings. The predicted octanol–water partition coefficient (Wildman–Crippen LogP) is 1.54. The molecule has 23 heavy (non-hydrogen) atoms. The summed E-state index contributed by atoms with van der Waals surface area (Å²) in [5.41, 5.74) is -3.04. The molecule has 2 N–H and O–H groups in total. The lowest BCUT2D eigenvalue weighted by molar-refractivity contribution is -0.157. The first kappa shape index (κ1) is 15.4. The van der Waals surface area contributed by atoms with Gasteiger partial charge in [-0.3, -0.25) is 4.99 Å². The summed E-state index contributed by atoms with van der Waals surface area (Å²) in [6.45, 7) is 2.72. The van der Waals surface area contributed by atoms with Crippen molar-refractivity contribution in [3.63, 3.8) is 0 Å². The van der Waals surface area contributed by atoms with Crippen molar-refractivity contribution in [3.05, 3.63) is 41.5 Å². The minimum absolute atomic E-state index is 0.0469. The van der Waals surface area contributed by atoms with E-state index in [1.807, 2.05) is 0 Å². The highest BCUT2D eigenvalue weighted by Crippen LogP contribution is 2.50. The number of aliphatic carboxylic acids is 2. The molecule has 0 saturated carbocycles. The van der Waals surface area contributed by atoms with Crippen LogP contribution in [0.15, 0.2) is 40.9 Å². The van der Waals surface area contributed by atoms with Crippen LogP contribution in [0.3, 0.4) is 0 Å². The van der Waals surface area contributed by atoms with E-state index in [0.717, 1.165) is 0 Å². The highest BCUT2D eigenvalue weighted by atomic mass is 16.7. The first-order valence-corrected chi connectivity index (χ1v) is 6.95. The summed E-state index contributed by atoms with van der Waals surface area (Å²) in [5.74, 6) is -2.60. The number of nitrogens with zero attached hydrogens (tertiary/aromatic N) is 1. The van der Waals surface area contributed by atoms with Gasteiger partial charge in [-0.1, -0.05) is 30.3 Å². The third kappa shape index (κ3) is 1.94. The molecule has 2 aliphatic heterocycles. The quantitative estimate of drug-likeness (QED) is 0.876. The van der Waals surface area contributed by atoms with E-state index in [1.165, 1.54) is 13.8 Å². The van der Waals surface area contributed by atoms with Crippen molar-refractivity contribution < 1.29 is 29.3 Å². The van der Waals surface area contributed by atoms with E-state index < -0.39 is 23.3 Å². The average molecular weight is 317 g/mol. The summed E-state index contributed by atoms with van der Waals surface area (Å²) in [7, 11) is 0. The largest absolute Gasteiger partial charge is 0.479 e. The molecule has 3 rings (SSSR count). The molecule has 0 bridgehead atoms. The van der Waals surface area contributed by atoms with Crippen molar-refractivity contribution in [2.75, 3.05) is 6.79 Å². The Hall–Kier alpha value is -2.51. The van der Waals surface area contributed by atoms with Gasteiger partial charge < -0.3 is 19.7 Å². The van der Waals surface area contributed by atoms with Crippen molar-refractivity contribution in [2.45, 2.75) is 25.2 Å². The number of ether oxygens (including phenoxy) is 2. The number of carboxylic acids is 2. The van der Waals surface area contributed by atoms with E-state index in [0.29, 0.717) is 5.56 Å². The second-order valence-electron chi connectivity index (χ2n) is 5.49. The van der Waals surface area contributed by atoms with Crippen LogP contribution in [0.25, 0.3) is 5.57 Å². The molecule has 1 saturated heterocycles. The molecule has 0 spiro atoms. The Balaban J connectivity index is 2.42. The van der Waals surface area contributed by atoms with Crippen LogP contribution in [0.4, 0.5) is 0 Å². The van der Waals surface area contributed by atoms with Gasteiger partial charge in [0.1, 0.15) is 0 Å². The molecule has 120 valence electrons. The lowest BCUT2D eigenvalue weighted by atomic mass is 9.75. The molecule has 2 atom stereocenters. The van der Waals surface area contributed by atoms with E-state index in [2.05, 4.69) is 4.99 Å². The monoisotopic (exact) mass is 317 g/mol. The van der Waals surface area contributed by atoms with Crippen LogP contribution >= 0.6 is 0 Å². The van der Waals surface area contributed by atoms with E-state index in [4.69, 9.17) is 9.47 Å². The predicted molar refractivity (Wildman–Crippen MR) is 79.9 cm³/mol. The topological polar surface area (TPSA) is 105 Å². The SMILES string of the molecule is CC1=NC2(C)OCOC2(C(=O)O)C(c2ccccc2)=C1C(=O)O. The second-order valence-corrected chi connectivity index (χ2v) is 5.49. The Morgan fingerprint density at radius 2 is 1.83 bits per heavy atom. The van der Waals surface area contributed by atoms with Crippen LogP contribution in [0.2, 0.25) is 0 Å². The summed E-state index contributed by atoms with van der Waals surface area (Å²) in [5, 5.41) is 19.5. The molecule has 1 aromatic rings. The van der Waals surface area contributed by atoms with Crippen LogP contribution in [0.5, 0.6) is 0 Å². The minimum Gasteiger partial charge on any atom is -0.479 e.